The van der Waals surface area contributed by atoms with Crippen molar-refractivity contribution in [2.45, 2.75) is 13.0 Å². The molecule has 0 aromatic heterocycles. The van der Waals surface area contributed by atoms with E-state index in [1.807, 2.05) is 19.0 Å². The maximum atomic E-state index is 11.4. The molecule has 0 saturated heterocycles. The Balaban J connectivity index is 2.99. The maximum absolute atomic E-state index is 11.4. The van der Waals surface area contributed by atoms with E-state index in [2.05, 4.69) is 15.9 Å². The lowest BCUT2D eigenvalue weighted by molar-refractivity contribution is -0.153. The topological polar surface area (TPSA) is 49.8 Å². The van der Waals surface area contributed by atoms with E-state index < -0.39 is 12.1 Å². The Morgan fingerprint density at radius 1 is 1.53 bits per heavy atom. The molecule has 17 heavy (non-hydrogen) atoms. The summed E-state index contributed by atoms with van der Waals surface area (Å²) in [5, 5.41) is 9.81. The van der Waals surface area contributed by atoms with Gasteiger partial charge in [0, 0.05) is 18.6 Å². The normalized spacial score (nSPS) is 12.1. The molecule has 0 bridgehead atoms. The van der Waals surface area contributed by atoms with Crippen LogP contribution in [0.3, 0.4) is 0 Å². The number of aliphatic hydroxyl groups excluding tert-OH is 1. The molecule has 1 atom stereocenters. The highest BCUT2D eigenvalue weighted by Gasteiger charge is 2.19. The summed E-state index contributed by atoms with van der Waals surface area (Å²) in [6, 6.07) is 5.25. The molecule has 0 heterocycles. The molecule has 0 spiro atoms. The molecule has 1 aromatic rings. The number of esters is 1. The average Bonchev–Trinajstić information content (AvgIpc) is 2.28. The van der Waals surface area contributed by atoms with Gasteiger partial charge in [-0.3, -0.25) is 0 Å². The van der Waals surface area contributed by atoms with Crippen LogP contribution in [-0.2, 0) is 9.53 Å². The number of hydrogen-bond donors (Lipinski definition) is 1. The zero-order valence-electron chi connectivity index (χ0n) is 10.1. The first-order valence-electron chi connectivity index (χ1n) is 5.28. The van der Waals surface area contributed by atoms with Crippen molar-refractivity contribution >= 4 is 27.6 Å². The van der Waals surface area contributed by atoms with E-state index in [1.165, 1.54) is 0 Å². The molecule has 4 nitrogen and oxygen atoms in total. The van der Waals surface area contributed by atoms with Crippen LogP contribution in [0.4, 0.5) is 5.69 Å². The molecule has 0 saturated carbocycles. The minimum Gasteiger partial charge on any atom is -0.464 e. The Hall–Kier alpha value is -1.07. The number of rotatable bonds is 4. The lowest BCUT2D eigenvalue weighted by Gasteiger charge is -2.17. The van der Waals surface area contributed by atoms with Gasteiger partial charge in [0.2, 0.25) is 0 Å². The first-order valence-corrected chi connectivity index (χ1v) is 6.08. The van der Waals surface area contributed by atoms with Gasteiger partial charge in [-0.2, -0.15) is 0 Å². The van der Waals surface area contributed by atoms with Crippen LogP contribution in [0.5, 0.6) is 0 Å². The minimum absolute atomic E-state index is 0.257. The molecule has 1 unspecified atom stereocenters. The van der Waals surface area contributed by atoms with E-state index in [0.717, 1.165) is 10.2 Å². The van der Waals surface area contributed by atoms with Crippen LogP contribution in [-0.4, -0.2) is 31.8 Å². The lowest BCUT2D eigenvalue weighted by Crippen LogP contribution is -2.16. The molecule has 0 amide bonds. The third-order valence-corrected chi connectivity index (χ3v) is 2.95. The Kier molecular flexibility index (Phi) is 4.96. The molecule has 1 N–H and O–H groups in total. The summed E-state index contributed by atoms with van der Waals surface area (Å²) in [5.41, 5.74) is 1.42. The van der Waals surface area contributed by atoms with Gasteiger partial charge in [0.05, 0.1) is 12.3 Å². The summed E-state index contributed by atoms with van der Waals surface area (Å²) in [7, 11) is 3.78. The zero-order chi connectivity index (χ0) is 13.0. The molecular weight excluding hydrogens is 286 g/mol. The van der Waals surface area contributed by atoms with Crippen molar-refractivity contribution in [3.8, 4) is 0 Å². The van der Waals surface area contributed by atoms with E-state index in [0.29, 0.717) is 5.56 Å². The summed E-state index contributed by atoms with van der Waals surface area (Å²) in [5.74, 6) is -0.625. The smallest absolute Gasteiger partial charge is 0.339 e. The Labute approximate surface area is 109 Å². The molecule has 0 aliphatic carbocycles. The first-order chi connectivity index (χ1) is 7.97. The quantitative estimate of drug-likeness (QED) is 0.866. The van der Waals surface area contributed by atoms with E-state index in [1.54, 1.807) is 25.1 Å². The highest BCUT2D eigenvalue weighted by atomic mass is 79.9. The summed E-state index contributed by atoms with van der Waals surface area (Å²) in [6.07, 6.45) is -1.23. The third-order valence-electron chi connectivity index (χ3n) is 2.28. The van der Waals surface area contributed by atoms with Crippen LogP contribution in [0.1, 0.15) is 18.6 Å². The second-order valence-electron chi connectivity index (χ2n) is 3.76. The van der Waals surface area contributed by atoms with Crippen LogP contribution >= 0.6 is 15.9 Å². The van der Waals surface area contributed by atoms with Gasteiger partial charge in [0.15, 0.2) is 6.10 Å². The average molecular weight is 302 g/mol. The van der Waals surface area contributed by atoms with Gasteiger partial charge in [-0.05, 0) is 40.5 Å². The second-order valence-corrected chi connectivity index (χ2v) is 4.61. The van der Waals surface area contributed by atoms with Crippen molar-refractivity contribution in [2.75, 3.05) is 25.6 Å². The summed E-state index contributed by atoms with van der Waals surface area (Å²) >= 11 is 3.41. The van der Waals surface area contributed by atoms with Crippen molar-refractivity contribution in [3.63, 3.8) is 0 Å². The van der Waals surface area contributed by atoms with Crippen molar-refractivity contribution in [3.05, 3.63) is 28.2 Å². The fraction of sp³-hybridized carbons (Fsp3) is 0.417. The number of benzene rings is 1. The number of anilines is 1. The number of nitrogens with zero attached hydrogens (tertiary/aromatic N) is 1. The molecule has 0 fully saturated rings. The molecule has 0 aliphatic heterocycles. The minimum atomic E-state index is -1.23. The van der Waals surface area contributed by atoms with Crippen LogP contribution in [0, 0.1) is 0 Å². The highest BCUT2D eigenvalue weighted by Crippen LogP contribution is 2.28. The number of ether oxygens (including phenoxy) is 1. The highest BCUT2D eigenvalue weighted by molar-refractivity contribution is 9.10. The monoisotopic (exact) mass is 301 g/mol. The largest absolute Gasteiger partial charge is 0.464 e. The summed E-state index contributed by atoms with van der Waals surface area (Å²) in [6.45, 7) is 1.96. The van der Waals surface area contributed by atoms with Gasteiger partial charge >= 0.3 is 5.97 Å². The van der Waals surface area contributed by atoms with Gasteiger partial charge in [0.1, 0.15) is 0 Å². The summed E-state index contributed by atoms with van der Waals surface area (Å²) in [4.78, 5) is 13.3. The van der Waals surface area contributed by atoms with Crippen molar-refractivity contribution < 1.29 is 14.6 Å². The van der Waals surface area contributed by atoms with E-state index >= 15 is 0 Å². The lowest BCUT2D eigenvalue weighted by atomic mass is 10.1. The molecular formula is C12H16BrNO3. The Bertz CT molecular complexity index is 407. The van der Waals surface area contributed by atoms with Crippen LogP contribution in [0.25, 0.3) is 0 Å². The molecule has 0 aliphatic rings. The fourth-order valence-corrected chi connectivity index (χ4v) is 2.00. The number of carbonyl (C=O) groups excluding carboxylic acids is 1. The SMILES string of the molecule is CCOC(=O)C(O)c1ccc(Br)c(N(C)C)c1. The molecule has 1 aromatic carbocycles. The fourth-order valence-electron chi connectivity index (χ4n) is 1.40. The first kappa shape index (κ1) is 14.0. The van der Waals surface area contributed by atoms with Crippen molar-refractivity contribution in [1.82, 2.24) is 0 Å². The number of aliphatic hydroxyl groups is 1. The molecule has 94 valence electrons. The van der Waals surface area contributed by atoms with E-state index in [9.17, 15) is 9.90 Å². The predicted octanol–water partition coefficient (Wildman–Crippen LogP) is 2.11. The van der Waals surface area contributed by atoms with Crippen LogP contribution in [0.2, 0.25) is 0 Å². The Morgan fingerprint density at radius 3 is 2.71 bits per heavy atom. The number of hydrogen-bond acceptors (Lipinski definition) is 4. The third kappa shape index (κ3) is 3.44. The van der Waals surface area contributed by atoms with Gasteiger partial charge in [-0.1, -0.05) is 6.07 Å². The van der Waals surface area contributed by atoms with Gasteiger partial charge < -0.3 is 14.7 Å². The van der Waals surface area contributed by atoms with E-state index in [4.69, 9.17) is 4.74 Å². The maximum Gasteiger partial charge on any atom is 0.339 e. The molecule has 0 radical (unpaired) electrons. The van der Waals surface area contributed by atoms with Crippen LogP contribution < -0.4 is 4.90 Å². The number of halogens is 1. The standard InChI is InChI=1S/C12H16BrNO3/c1-4-17-12(16)11(15)8-5-6-9(13)10(7-8)14(2)3/h5-7,11,15H,4H2,1-3H3. The zero-order valence-corrected chi connectivity index (χ0v) is 11.7. The van der Waals surface area contributed by atoms with Gasteiger partial charge in [-0.15, -0.1) is 0 Å². The molecule has 5 heteroatoms. The predicted molar refractivity (Wildman–Crippen MR) is 70.1 cm³/mol. The Morgan fingerprint density at radius 2 is 2.18 bits per heavy atom. The van der Waals surface area contributed by atoms with E-state index in [-0.39, 0.29) is 6.61 Å². The van der Waals surface area contributed by atoms with Crippen molar-refractivity contribution in [2.24, 2.45) is 0 Å². The van der Waals surface area contributed by atoms with Gasteiger partial charge in [0.25, 0.3) is 0 Å². The summed E-state index contributed by atoms with van der Waals surface area (Å²) < 4.78 is 5.68. The second kappa shape index (κ2) is 6.02. The van der Waals surface area contributed by atoms with Gasteiger partial charge in [-0.25, -0.2) is 4.79 Å². The number of carbonyl (C=O) groups is 1. The van der Waals surface area contributed by atoms with Crippen molar-refractivity contribution in [1.29, 1.82) is 0 Å². The van der Waals surface area contributed by atoms with Crippen LogP contribution in [0.15, 0.2) is 22.7 Å². The molecule has 1 rings (SSSR count).